The Morgan fingerprint density at radius 3 is 2.70 bits per heavy atom. The maximum Gasteiger partial charge on any atom is 0.341 e. The molecule has 1 aliphatic rings. The van der Waals surface area contributed by atoms with Crippen LogP contribution < -0.4 is 15.8 Å². The number of halogens is 2. The van der Waals surface area contributed by atoms with Crippen molar-refractivity contribution in [2.75, 3.05) is 29.2 Å². The molecule has 0 aliphatic carbocycles. The average molecular weight is 451 g/mol. The normalized spacial score (nSPS) is 12.9. The minimum atomic E-state index is -1.14. The summed E-state index contributed by atoms with van der Waals surface area (Å²) < 4.78 is 19.5. The van der Waals surface area contributed by atoms with Gasteiger partial charge in [0.05, 0.1) is 16.6 Å². The molecule has 158 valence electrons. The lowest BCUT2D eigenvalue weighted by atomic mass is 10.2. The van der Waals surface area contributed by atoms with E-state index < -0.39 is 18.4 Å². The number of fused-ring (bicyclic) bond motifs is 1. The van der Waals surface area contributed by atoms with Gasteiger partial charge in [0.25, 0.3) is 0 Å². The summed E-state index contributed by atoms with van der Waals surface area (Å²) in [6, 6.07) is 7.29. The molecule has 10 heteroatoms. The van der Waals surface area contributed by atoms with Crippen LogP contribution in [0.5, 0.6) is 5.75 Å². The van der Waals surface area contributed by atoms with Gasteiger partial charge in [0, 0.05) is 16.8 Å². The molecule has 7 nitrogen and oxygen atoms in total. The van der Waals surface area contributed by atoms with Gasteiger partial charge in [-0.25, -0.2) is 19.2 Å². The Morgan fingerprint density at radius 2 is 2.03 bits per heavy atom. The summed E-state index contributed by atoms with van der Waals surface area (Å²) in [7, 11) is 0. The molecule has 0 spiro atoms. The molecule has 1 aliphatic heterocycles. The third kappa shape index (κ3) is 5.87. The predicted octanol–water partition coefficient (Wildman–Crippen LogP) is 4.72. The lowest BCUT2D eigenvalue weighted by Gasteiger charge is -2.14. The molecule has 1 aromatic heterocycles. The van der Waals surface area contributed by atoms with E-state index in [4.69, 9.17) is 27.2 Å². The number of anilines is 3. The number of carboxylic acids is 1. The second kappa shape index (κ2) is 10.3. The monoisotopic (exact) mass is 450 g/mol. The van der Waals surface area contributed by atoms with Crippen LogP contribution in [0.3, 0.4) is 0 Å². The van der Waals surface area contributed by atoms with Crippen molar-refractivity contribution in [2.45, 2.75) is 12.8 Å². The molecule has 4 rings (SSSR count). The zero-order valence-electron chi connectivity index (χ0n) is 15.9. The standard InChI is InChI=1S/C16H12ClFN4O3.C4H8S/c17-8-1-2-11(13(3-8)25-6-14(23)24)22-16-15-10(18)4-9(19)5-12(15)20-7-21-16;1-2-4-5-3-1/h1-5,7H,6,19H2,(H,23,24)(H,20,21,22);1-4H2. The van der Waals surface area contributed by atoms with Crippen LogP contribution in [0.25, 0.3) is 10.9 Å². The highest BCUT2D eigenvalue weighted by molar-refractivity contribution is 7.99. The van der Waals surface area contributed by atoms with Crippen molar-refractivity contribution in [3.63, 3.8) is 0 Å². The van der Waals surface area contributed by atoms with Crippen LogP contribution in [0.4, 0.5) is 21.6 Å². The highest BCUT2D eigenvalue weighted by Gasteiger charge is 2.13. The first-order valence-electron chi connectivity index (χ1n) is 9.12. The Kier molecular flexibility index (Phi) is 7.53. The van der Waals surface area contributed by atoms with Crippen LogP contribution in [0.2, 0.25) is 5.02 Å². The minimum Gasteiger partial charge on any atom is -0.480 e. The number of ether oxygens (including phenoxy) is 1. The van der Waals surface area contributed by atoms with E-state index in [1.54, 1.807) is 12.1 Å². The average Bonchev–Trinajstić information content (AvgIpc) is 3.28. The molecule has 0 atom stereocenters. The van der Waals surface area contributed by atoms with Gasteiger partial charge in [-0.15, -0.1) is 0 Å². The first-order valence-corrected chi connectivity index (χ1v) is 10.7. The summed E-state index contributed by atoms with van der Waals surface area (Å²) in [6.07, 6.45) is 4.19. The maximum atomic E-state index is 14.3. The van der Waals surface area contributed by atoms with Crippen molar-refractivity contribution in [1.29, 1.82) is 0 Å². The molecule has 0 amide bonds. The third-order valence-corrected chi connectivity index (χ3v) is 5.48. The van der Waals surface area contributed by atoms with Crippen LogP contribution >= 0.6 is 23.4 Å². The molecule has 2 heterocycles. The number of hydrogen-bond acceptors (Lipinski definition) is 7. The van der Waals surface area contributed by atoms with Crippen molar-refractivity contribution in [2.24, 2.45) is 0 Å². The second-order valence-electron chi connectivity index (χ2n) is 6.39. The van der Waals surface area contributed by atoms with Crippen LogP contribution in [0.15, 0.2) is 36.7 Å². The first-order chi connectivity index (χ1) is 14.4. The number of aliphatic carboxylic acids is 1. The molecule has 4 N–H and O–H groups in total. The largest absolute Gasteiger partial charge is 0.480 e. The van der Waals surface area contributed by atoms with Gasteiger partial charge in [-0.1, -0.05) is 11.6 Å². The smallest absolute Gasteiger partial charge is 0.341 e. The number of nitrogen functional groups attached to an aromatic ring is 1. The lowest BCUT2D eigenvalue weighted by molar-refractivity contribution is -0.139. The molecular weight excluding hydrogens is 431 g/mol. The van der Waals surface area contributed by atoms with Gasteiger partial charge in [-0.3, -0.25) is 0 Å². The number of thioether (sulfide) groups is 1. The molecule has 1 fully saturated rings. The van der Waals surface area contributed by atoms with Crippen molar-refractivity contribution in [3.8, 4) is 5.75 Å². The van der Waals surface area contributed by atoms with Crippen LogP contribution in [0, 0.1) is 5.82 Å². The highest BCUT2D eigenvalue weighted by Crippen LogP contribution is 2.33. The number of nitrogens with two attached hydrogens (primary N) is 1. The quantitative estimate of drug-likeness (QED) is 0.478. The van der Waals surface area contributed by atoms with Crippen molar-refractivity contribution in [3.05, 3.63) is 47.5 Å². The first kappa shape index (κ1) is 21.9. The Hall–Kier alpha value is -2.78. The summed E-state index contributed by atoms with van der Waals surface area (Å²) in [6.45, 7) is -0.551. The van der Waals surface area contributed by atoms with Gasteiger partial charge in [0.1, 0.15) is 23.7 Å². The number of nitrogens with one attached hydrogen (secondary N) is 1. The van der Waals surface area contributed by atoms with Crippen molar-refractivity contribution < 1.29 is 19.0 Å². The van der Waals surface area contributed by atoms with Gasteiger partial charge in [0.2, 0.25) is 0 Å². The lowest BCUT2D eigenvalue weighted by Crippen LogP contribution is -2.10. The van der Waals surface area contributed by atoms with Crippen LogP contribution in [-0.2, 0) is 4.79 Å². The number of hydrogen-bond donors (Lipinski definition) is 3. The zero-order chi connectivity index (χ0) is 21.5. The van der Waals surface area contributed by atoms with Gasteiger partial charge >= 0.3 is 5.97 Å². The molecule has 2 aromatic carbocycles. The summed E-state index contributed by atoms with van der Waals surface area (Å²) in [5.74, 6) is 1.49. The molecule has 3 aromatic rings. The number of carboxylic acid groups (broad SMARTS) is 1. The van der Waals surface area contributed by atoms with Gasteiger partial charge in [-0.2, -0.15) is 11.8 Å². The van der Waals surface area contributed by atoms with Crippen LogP contribution in [0.1, 0.15) is 12.8 Å². The van der Waals surface area contributed by atoms with Crippen molar-refractivity contribution in [1.82, 2.24) is 9.97 Å². The molecule has 0 bridgehead atoms. The fraction of sp³-hybridized carbons (Fsp3) is 0.250. The summed E-state index contributed by atoms with van der Waals surface area (Å²) >= 11 is 7.99. The van der Waals surface area contributed by atoms with Gasteiger partial charge in [0.15, 0.2) is 6.61 Å². The molecule has 1 saturated heterocycles. The number of aromatic nitrogens is 2. The van der Waals surface area contributed by atoms with E-state index in [2.05, 4.69) is 27.0 Å². The fourth-order valence-corrected chi connectivity index (χ4v) is 3.94. The Bertz CT molecular complexity index is 1040. The summed E-state index contributed by atoms with van der Waals surface area (Å²) in [5.41, 5.74) is 6.57. The van der Waals surface area contributed by atoms with Crippen LogP contribution in [-0.4, -0.2) is 39.2 Å². The van der Waals surface area contributed by atoms with Gasteiger partial charge in [-0.05, 0) is 48.6 Å². The zero-order valence-corrected chi connectivity index (χ0v) is 17.5. The number of nitrogens with zero attached hydrogens (tertiary/aromatic N) is 2. The van der Waals surface area contributed by atoms with E-state index in [0.29, 0.717) is 16.2 Å². The maximum absolute atomic E-state index is 14.3. The van der Waals surface area contributed by atoms with Crippen molar-refractivity contribution >= 4 is 57.4 Å². The SMILES string of the molecule is C1CCSC1.Nc1cc(F)c2c(Nc3ccc(Cl)cc3OCC(=O)O)ncnc2c1. The minimum absolute atomic E-state index is 0.149. The number of rotatable bonds is 5. The highest BCUT2D eigenvalue weighted by atomic mass is 35.5. The molecule has 0 radical (unpaired) electrons. The summed E-state index contributed by atoms with van der Waals surface area (Å²) in [5, 5.41) is 12.2. The van der Waals surface area contributed by atoms with E-state index in [0.717, 1.165) is 0 Å². The summed E-state index contributed by atoms with van der Waals surface area (Å²) in [4.78, 5) is 18.8. The van der Waals surface area contributed by atoms with E-state index in [9.17, 15) is 9.18 Å². The molecule has 30 heavy (non-hydrogen) atoms. The molecule has 0 unspecified atom stereocenters. The number of carbonyl (C=O) groups is 1. The van der Waals surface area contributed by atoms with E-state index in [-0.39, 0.29) is 22.6 Å². The Morgan fingerprint density at radius 1 is 1.27 bits per heavy atom. The van der Waals surface area contributed by atoms with Gasteiger partial charge < -0.3 is 20.9 Å². The Labute approximate surface area is 181 Å². The predicted molar refractivity (Wildman–Crippen MR) is 118 cm³/mol. The molecule has 0 saturated carbocycles. The third-order valence-electron chi connectivity index (χ3n) is 4.09. The van der Waals surface area contributed by atoms with E-state index in [1.165, 1.54) is 48.9 Å². The van der Waals surface area contributed by atoms with E-state index >= 15 is 0 Å². The number of benzene rings is 2. The molecular formula is C20H20ClFN4O3S. The fourth-order valence-electron chi connectivity index (χ4n) is 2.75. The van der Waals surface area contributed by atoms with E-state index in [1.807, 2.05) is 0 Å². The topological polar surface area (TPSA) is 110 Å². The Balaban J connectivity index is 0.000000448. The second-order valence-corrected chi connectivity index (χ2v) is 8.05.